The van der Waals surface area contributed by atoms with Crippen LogP contribution in [0.4, 0.5) is 0 Å². The molecule has 1 aliphatic carbocycles. The van der Waals surface area contributed by atoms with Crippen molar-refractivity contribution < 1.29 is 9.47 Å². The minimum Gasteiger partial charge on any atom is -0.497 e. The third-order valence-electron chi connectivity index (χ3n) is 4.41. The van der Waals surface area contributed by atoms with E-state index in [9.17, 15) is 0 Å². The number of hydrogen-bond donors (Lipinski definition) is 2. The molecule has 4 heteroatoms. The molecule has 1 saturated carbocycles. The highest BCUT2D eigenvalue weighted by Gasteiger charge is 2.30. The monoisotopic (exact) mass is 278 g/mol. The predicted molar refractivity (Wildman–Crippen MR) is 81.2 cm³/mol. The predicted octanol–water partition coefficient (Wildman–Crippen LogP) is 2.24. The van der Waals surface area contributed by atoms with E-state index in [-0.39, 0.29) is 5.54 Å². The lowest BCUT2D eigenvalue weighted by Crippen LogP contribution is -2.46. The highest BCUT2D eigenvalue weighted by atomic mass is 16.5. The second-order valence-electron chi connectivity index (χ2n) is 5.88. The maximum Gasteiger partial charge on any atom is 0.122 e. The minimum atomic E-state index is -0.0794. The maximum absolute atomic E-state index is 6.50. The van der Waals surface area contributed by atoms with Gasteiger partial charge < -0.3 is 20.9 Å². The number of ether oxygens (including phenoxy) is 2. The van der Waals surface area contributed by atoms with Crippen molar-refractivity contribution in [3.8, 4) is 11.5 Å². The zero-order valence-corrected chi connectivity index (χ0v) is 12.5. The fraction of sp³-hybridized carbons (Fsp3) is 0.625. The molecule has 20 heavy (non-hydrogen) atoms. The first kappa shape index (κ1) is 15.1. The highest BCUT2D eigenvalue weighted by Crippen LogP contribution is 2.32. The van der Waals surface area contributed by atoms with Crippen LogP contribution in [-0.2, 0) is 6.42 Å². The number of methoxy groups -OCH3 is 2. The summed E-state index contributed by atoms with van der Waals surface area (Å²) >= 11 is 0. The van der Waals surface area contributed by atoms with E-state index in [1.54, 1.807) is 14.2 Å². The lowest BCUT2D eigenvalue weighted by atomic mass is 9.77. The van der Waals surface area contributed by atoms with Crippen molar-refractivity contribution in [1.29, 1.82) is 0 Å². The smallest absolute Gasteiger partial charge is 0.122 e. The molecule has 1 aromatic rings. The molecule has 0 aliphatic heterocycles. The molecule has 4 nitrogen and oxygen atoms in total. The average Bonchev–Trinajstić information content (AvgIpc) is 2.48. The van der Waals surface area contributed by atoms with Crippen LogP contribution >= 0.6 is 0 Å². The van der Waals surface area contributed by atoms with E-state index in [1.165, 1.54) is 0 Å². The van der Waals surface area contributed by atoms with Crippen molar-refractivity contribution in [3.63, 3.8) is 0 Å². The lowest BCUT2D eigenvalue weighted by Gasteiger charge is -2.36. The van der Waals surface area contributed by atoms with Crippen LogP contribution < -0.4 is 20.9 Å². The topological polar surface area (TPSA) is 70.5 Å². The maximum atomic E-state index is 6.50. The summed E-state index contributed by atoms with van der Waals surface area (Å²) in [4.78, 5) is 0. The van der Waals surface area contributed by atoms with Gasteiger partial charge in [-0.15, -0.1) is 0 Å². The molecule has 0 saturated heterocycles. The van der Waals surface area contributed by atoms with Gasteiger partial charge in [0.1, 0.15) is 11.5 Å². The quantitative estimate of drug-likeness (QED) is 0.866. The van der Waals surface area contributed by atoms with Crippen LogP contribution in [0.15, 0.2) is 18.2 Å². The molecule has 2 rings (SSSR count). The van der Waals surface area contributed by atoms with Crippen LogP contribution in [0.25, 0.3) is 0 Å². The van der Waals surface area contributed by atoms with E-state index < -0.39 is 0 Å². The highest BCUT2D eigenvalue weighted by molar-refractivity contribution is 5.40. The summed E-state index contributed by atoms with van der Waals surface area (Å²) in [7, 11) is 3.38. The van der Waals surface area contributed by atoms with Gasteiger partial charge in [-0.2, -0.15) is 0 Å². The summed E-state index contributed by atoms with van der Waals surface area (Å²) in [5.41, 5.74) is 13.5. The Morgan fingerprint density at radius 1 is 1.20 bits per heavy atom. The Morgan fingerprint density at radius 2 is 1.90 bits per heavy atom. The van der Waals surface area contributed by atoms with E-state index in [4.69, 9.17) is 20.9 Å². The van der Waals surface area contributed by atoms with Crippen LogP contribution in [0.5, 0.6) is 11.5 Å². The molecule has 0 bridgehead atoms. The van der Waals surface area contributed by atoms with Gasteiger partial charge in [0.05, 0.1) is 14.2 Å². The Balaban J connectivity index is 2.02. The second-order valence-corrected chi connectivity index (χ2v) is 5.88. The molecule has 0 heterocycles. The number of rotatable bonds is 5. The molecule has 112 valence electrons. The van der Waals surface area contributed by atoms with Gasteiger partial charge in [0, 0.05) is 11.6 Å². The fourth-order valence-corrected chi connectivity index (χ4v) is 2.93. The Bertz CT molecular complexity index is 440. The number of benzene rings is 1. The first-order valence-electron chi connectivity index (χ1n) is 7.32. The molecular formula is C16H26N2O2. The first-order valence-corrected chi connectivity index (χ1v) is 7.32. The van der Waals surface area contributed by atoms with E-state index >= 15 is 0 Å². The molecule has 1 aromatic carbocycles. The van der Waals surface area contributed by atoms with Gasteiger partial charge in [-0.3, -0.25) is 0 Å². The molecule has 1 fully saturated rings. The second kappa shape index (κ2) is 6.46. The molecule has 1 aliphatic rings. The zero-order chi connectivity index (χ0) is 14.6. The Labute approximate surface area is 121 Å². The third kappa shape index (κ3) is 3.64. The van der Waals surface area contributed by atoms with Crippen LogP contribution in [0.1, 0.15) is 37.7 Å². The van der Waals surface area contributed by atoms with Gasteiger partial charge in [-0.05, 0) is 62.3 Å². The van der Waals surface area contributed by atoms with Gasteiger partial charge >= 0.3 is 0 Å². The van der Waals surface area contributed by atoms with Gasteiger partial charge in [-0.1, -0.05) is 0 Å². The molecular weight excluding hydrogens is 252 g/mol. The fourth-order valence-electron chi connectivity index (χ4n) is 2.93. The number of nitrogens with two attached hydrogens (primary N) is 2. The van der Waals surface area contributed by atoms with Gasteiger partial charge in [0.2, 0.25) is 0 Å². The van der Waals surface area contributed by atoms with Crippen molar-refractivity contribution in [2.45, 2.75) is 50.1 Å². The molecule has 0 unspecified atom stereocenters. The van der Waals surface area contributed by atoms with Gasteiger partial charge in [0.15, 0.2) is 0 Å². The number of hydrogen-bond acceptors (Lipinski definition) is 4. The summed E-state index contributed by atoms with van der Waals surface area (Å²) in [6.45, 7) is 0. The molecule has 4 N–H and O–H groups in total. The van der Waals surface area contributed by atoms with Crippen LogP contribution in [0, 0.1) is 0 Å². The van der Waals surface area contributed by atoms with E-state index in [2.05, 4.69) is 0 Å². The van der Waals surface area contributed by atoms with Crippen molar-refractivity contribution >= 4 is 0 Å². The zero-order valence-electron chi connectivity index (χ0n) is 12.5. The summed E-state index contributed by atoms with van der Waals surface area (Å²) in [6, 6.07) is 6.24. The molecule has 0 aromatic heterocycles. The van der Waals surface area contributed by atoms with Crippen molar-refractivity contribution in [2.75, 3.05) is 14.2 Å². The standard InChI is InChI=1S/C16H26N2O2/c1-19-14-3-4-15(20-2)12(11-14)5-8-16(18)9-6-13(17)7-10-16/h3-4,11,13H,5-10,17-18H2,1-2H3. The summed E-state index contributed by atoms with van der Waals surface area (Å²) in [6.07, 6.45) is 5.97. The Hall–Kier alpha value is -1.26. The minimum absolute atomic E-state index is 0.0794. The third-order valence-corrected chi connectivity index (χ3v) is 4.41. The van der Waals surface area contributed by atoms with Crippen molar-refractivity contribution in [3.05, 3.63) is 23.8 Å². The largest absolute Gasteiger partial charge is 0.497 e. The average molecular weight is 278 g/mol. The molecule has 0 spiro atoms. The van der Waals surface area contributed by atoms with Crippen LogP contribution in [-0.4, -0.2) is 25.8 Å². The SMILES string of the molecule is COc1ccc(OC)c(CCC2(N)CCC(N)CC2)c1. The van der Waals surface area contributed by atoms with Gasteiger partial charge in [0.25, 0.3) is 0 Å². The molecule has 0 radical (unpaired) electrons. The van der Waals surface area contributed by atoms with Crippen molar-refractivity contribution in [1.82, 2.24) is 0 Å². The lowest BCUT2D eigenvalue weighted by molar-refractivity contribution is 0.257. The summed E-state index contributed by atoms with van der Waals surface area (Å²) in [5, 5.41) is 0. The molecule has 0 amide bonds. The Kier molecular flexibility index (Phi) is 4.89. The van der Waals surface area contributed by atoms with Crippen molar-refractivity contribution in [2.24, 2.45) is 11.5 Å². The normalized spacial score (nSPS) is 26.3. The van der Waals surface area contributed by atoms with Crippen LogP contribution in [0.3, 0.4) is 0 Å². The van der Waals surface area contributed by atoms with Crippen LogP contribution in [0.2, 0.25) is 0 Å². The summed E-state index contributed by atoms with van der Waals surface area (Å²) < 4.78 is 10.7. The van der Waals surface area contributed by atoms with E-state index in [0.29, 0.717) is 6.04 Å². The van der Waals surface area contributed by atoms with Gasteiger partial charge in [-0.25, -0.2) is 0 Å². The molecule has 0 atom stereocenters. The first-order chi connectivity index (χ1) is 9.56. The van der Waals surface area contributed by atoms with E-state index in [1.807, 2.05) is 18.2 Å². The number of aryl methyl sites for hydroxylation is 1. The van der Waals surface area contributed by atoms with E-state index in [0.717, 1.165) is 55.6 Å². The Morgan fingerprint density at radius 3 is 2.50 bits per heavy atom. The summed E-state index contributed by atoms with van der Waals surface area (Å²) in [5.74, 6) is 1.76.